The van der Waals surface area contributed by atoms with E-state index in [0.29, 0.717) is 13.1 Å². The summed E-state index contributed by atoms with van der Waals surface area (Å²) in [5, 5.41) is 8.81. The minimum absolute atomic E-state index is 0.173. The molecule has 4 nitrogen and oxygen atoms in total. The van der Waals surface area contributed by atoms with E-state index < -0.39 is 0 Å². The van der Waals surface area contributed by atoms with Gasteiger partial charge in [0.05, 0.1) is 18.8 Å². The minimum Gasteiger partial charge on any atom is -0.444 e. The first-order valence-electron chi connectivity index (χ1n) is 4.93. The summed E-state index contributed by atoms with van der Waals surface area (Å²) in [5.41, 5.74) is 0.944. The summed E-state index contributed by atoms with van der Waals surface area (Å²) in [6.07, 6.45) is 0. The van der Waals surface area contributed by atoms with E-state index in [1.54, 1.807) is 0 Å². The molecule has 0 bridgehead atoms. The second kappa shape index (κ2) is 5.12. The van der Waals surface area contributed by atoms with Crippen LogP contribution in [0.3, 0.4) is 0 Å². The molecule has 0 aliphatic carbocycles. The van der Waals surface area contributed by atoms with Crippen molar-refractivity contribution in [3.05, 3.63) is 17.3 Å². The van der Waals surface area contributed by atoms with E-state index >= 15 is 0 Å². The van der Waals surface area contributed by atoms with Gasteiger partial charge in [0.2, 0.25) is 5.89 Å². The van der Waals surface area contributed by atoms with Gasteiger partial charge < -0.3 is 9.52 Å². The number of aliphatic hydroxyl groups excluding tert-OH is 1. The van der Waals surface area contributed by atoms with Crippen LogP contribution in [0.5, 0.6) is 0 Å². The summed E-state index contributed by atoms with van der Waals surface area (Å²) in [6, 6.07) is 0. The van der Waals surface area contributed by atoms with Gasteiger partial charge in [-0.3, -0.25) is 4.90 Å². The quantitative estimate of drug-likeness (QED) is 0.770. The number of hydrogen-bond donors (Lipinski definition) is 1. The van der Waals surface area contributed by atoms with Gasteiger partial charge in [-0.15, -0.1) is 0 Å². The highest BCUT2D eigenvalue weighted by Crippen LogP contribution is 2.10. The average Bonchev–Trinajstić information content (AvgIpc) is 2.45. The first-order valence-corrected chi connectivity index (χ1v) is 4.93. The van der Waals surface area contributed by atoms with E-state index in [1.807, 2.05) is 13.8 Å². The van der Waals surface area contributed by atoms with Crippen LogP contribution in [0.2, 0.25) is 0 Å². The van der Waals surface area contributed by atoms with E-state index in [-0.39, 0.29) is 6.61 Å². The van der Waals surface area contributed by atoms with Crippen LogP contribution in [-0.2, 0) is 6.54 Å². The fourth-order valence-electron chi connectivity index (χ4n) is 1.29. The SMILES string of the molecule is CCN(CCO)Cc1nc(C)c(C)o1. The fourth-order valence-corrected chi connectivity index (χ4v) is 1.29. The van der Waals surface area contributed by atoms with Crippen molar-refractivity contribution < 1.29 is 9.52 Å². The lowest BCUT2D eigenvalue weighted by Gasteiger charge is -2.16. The van der Waals surface area contributed by atoms with Crippen LogP contribution in [0.25, 0.3) is 0 Å². The van der Waals surface area contributed by atoms with Gasteiger partial charge in [0, 0.05) is 6.54 Å². The molecule has 1 rings (SSSR count). The summed E-state index contributed by atoms with van der Waals surface area (Å²) in [6.45, 7) is 8.30. The number of aromatic nitrogens is 1. The predicted octanol–water partition coefficient (Wildman–Crippen LogP) is 1.11. The van der Waals surface area contributed by atoms with E-state index in [4.69, 9.17) is 9.52 Å². The smallest absolute Gasteiger partial charge is 0.208 e. The average molecular weight is 198 g/mol. The first-order chi connectivity index (χ1) is 6.67. The molecule has 0 saturated carbocycles. The van der Waals surface area contributed by atoms with Crippen molar-refractivity contribution in [2.75, 3.05) is 19.7 Å². The molecule has 0 atom stereocenters. The first kappa shape index (κ1) is 11.2. The molecule has 0 aromatic carbocycles. The Kier molecular flexibility index (Phi) is 4.10. The van der Waals surface area contributed by atoms with Gasteiger partial charge in [-0.1, -0.05) is 6.92 Å². The summed E-state index contributed by atoms with van der Waals surface area (Å²) < 4.78 is 5.46. The van der Waals surface area contributed by atoms with Crippen molar-refractivity contribution in [3.8, 4) is 0 Å². The zero-order valence-corrected chi connectivity index (χ0v) is 9.08. The summed E-state index contributed by atoms with van der Waals surface area (Å²) in [7, 11) is 0. The molecular formula is C10H18N2O2. The van der Waals surface area contributed by atoms with Gasteiger partial charge in [0.25, 0.3) is 0 Å². The summed E-state index contributed by atoms with van der Waals surface area (Å²) in [5.74, 6) is 1.61. The largest absolute Gasteiger partial charge is 0.444 e. The molecule has 1 N–H and O–H groups in total. The molecule has 1 heterocycles. The Morgan fingerprint density at radius 3 is 2.57 bits per heavy atom. The van der Waals surface area contributed by atoms with Crippen LogP contribution < -0.4 is 0 Å². The van der Waals surface area contributed by atoms with Crippen molar-refractivity contribution in [3.63, 3.8) is 0 Å². The predicted molar refractivity (Wildman–Crippen MR) is 54.0 cm³/mol. The molecule has 0 aliphatic rings. The van der Waals surface area contributed by atoms with Crippen LogP contribution in [-0.4, -0.2) is 34.7 Å². The lowest BCUT2D eigenvalue weighted by atomic mass is 10.4. The molecule has 1 aromatic heterocycles. The molecule has 0 saturated heterocycles. The molecule has 0 unspecified atom stereocenters. The lowest BCUT2D eigenvalue weighted by molar-refractivity contribution is 0.184. The van der Waals surface area contributed by atoms with Crippen LogP contribution in [0.4, 0.5) is 0 Å². The van der Waals surface area contributed by atoms with Crippen LogP contribution in [0.1, 0.15) is 24.3 Å². The maximum atomic E-state index is 8.81. The molecule has 0 aliphatic heterocycles. The Balaban J connectivity index is 2.57. The highest BCUT2D eigenvalue weighted by atomic mass is 16.4. The lowest BCUT2D eigenvalue weighted by Crippen LogP contribution is -2.26. The Morgan fingerprint density at radius 1 is 1.43 bits per heavy atom. The Bertz CT molecular complexity index is 264. The van der Waals surface area contributed by atoms with Crippen LogP contribution in [0.15, 0.2) is 4.42 Å². The van der Waals surface area contributed by atoms with Gasteiger partial charge in [-0.2, -0.15) is 0 Å². The standard InChI is InChI=1S/C10H18N2O2/c1-4-12(5-6-13)7-10-11-8(2)9(3)14-10/h13H,4-7H2,1-3H3. The Hall–Kier alpha value is -0.870. The van der Waals surface area contributed by atoms with Crippen molar-refractivity contribution in [1.82, 2.24) is 9.88 Å². The third-order valence-corrected chi connectivity index (χ3v) is 2.30. The zero-order chi connectivity index (χ0) is 10.6. The molecule has 80 valence electrons. The van der Waals surface area contributed by atoms with E-state index in [0.717, 1.165) is 23.9 Å². The number of likely N-dealkylation sites (N-methyl/N-ethyl adjacent to an activating group) is 1. The summed E-state index contributed by atoms with van der Waals surface area (Å²) >= 11 is 0. The van der Waals surface area contributed by atoms with E-state index in [2.05, 4.69) is 16.8 Å². The van der Waals surface area contributed by atoms with E-state index in [1.165, 1.54) is 0 Å². The van der Waals surface area contributed by atoms with Crippen molar-refractivity contribution in [1.29, 1.82) is 0 Å². The van der Waals surface area contributed by atoms with Gasteiger partial charge in [-0.05, 0) is 20.4 Å². The molecule has 0 spiro atoms. The van der Waals surface area contributed by atoms with Gasteiger partial charge in [0.15, 0.2) is 0 Å². The van der Waals surface area contributed by atoms with Crippen LogP contribution in [0, 0.1) is 13.8 Å². The van der Waals surface area contributed by atoms with Gasteiger partial charge >= 0.3 is 0 Å². The topological polar surface area (TPSA) is 49.5 Å². The minimum atomic E-state index is 0.173. The molecule has 0 radical (unpaired) electrons. The normalized spacial score (nSPS) is 11.2. The van der Waals surface area contributed by atoms with Crippen LogP contribution >= 0.6 is 0 Å². The number of nitrogens with zero attached hydrogens (tertiary/aromatic N) is 2. The van der Waals surface area contributed by atoms with Gasteiger partial charge in [-0.25, -0.2) is 4.98 Å². The molecule has 0 fully saturated rings. The zero-order valence-electron chi connectivity index (χ0n) is 9.08. The maximum Gasteiger partial charge on any atom is 0.208 e. The molecular weight excluding hydrogens is 180 g/mol. The molecule has 14 heavy (non-hydrogen) atoms. The third-order valence-electron chi connectivity index (χ3n) is 2.30. The second-order valence-corrected chi connectivity index (χ2v) is 3.34. The number of aryl methyl sites for hydroxylation is 2. The third kappa shape index (κ3) is 2.82. The number of oxazole rings is 1. The molecule has 1 aromatic rings. The highest BCUT2D eigenvalue weighted by molar-refractivity contribution is 5.05. The molecule has 4 heteroatoms. The highest BCUT2D eigenvalue weighted by Gasteiger charge is 2.09. The van der Waals surface area contributed by atoms with Crippen molar-refractivity contribution in [2.45, 2.75) is 27.3 Å². The van der Waals surface area contributed by atoms with Crippen molar-refractivity contribution >= 4 is 0 Å². The summed E-state index contributed by atoms with van der Waals surface area (Å²) in [4.78, 5) is 6.38. The monoisotopic (exact) mass is 198 g/mol. The number of aliphatic hydroxyl groups is 1. The number of rotatable bonds is 5. The Morgan fingerprint density at radius 2 is 2.14 bits per heavy atom. The van der Waals surface area contributed by atoms with Crippen molar-refractivity contribution in [2.24, 2.45) is 0 Å². The number of hydrogen-bond acceptors (Lipinski definition) is 4. The molecule has 0 amide bonds. The maximum absolute atomic E-state index is 8.81. The fraction of sp³-hybridized carbons (Fsp3) is 0.700. The Labute approximate surface area is 84.6 Å². The van der Waals surface area contributed by atoms with Gasteiger partial charge in [0.1, 0.15) is 5.76 Å². The van der Waals surface area contributed by atoms with E-state index in [9.17, 15) is 0 Å². The second-order valence-electron chi connectivity index (χ2n) is 3.34.